The molecule has 208 valence electrons. The fraction of sp³-hybridized carbons (Fsp3) is 0.103. The average Bonchev–Trinajstić information content (AvgIpc) is 2.91. The first-order valence-electron chi connectivity index (χ1n) is 12.2. The topological polar surface area (TPSA) is 198 Å². The van der Waals surface area contributed by atoms with Gasteiger partial charge in [-0.05, 0) is 59.7 Å². The van der Waals surface area contributed by atoms with E-state index in [9.17, 15) is 24.3 Å². The Labute approximate surface area is 233 Å². The summed E-state index contributed by atoms with van der Waals surface area (Å²) < 4.78 is 5.46. The minimum atomic E-state index is -1.21. The van der Waals surface area contributed by atoms with Gasteiger partial charge in [0.15, 0.2) is 5.96 Å². The summed E-state index contributed by atoms with van der Waals surface area (Å²) in [4.78, 5) is 57.7. The van der Waals surface area contributed by atoms with Gasteiger partial charge in [-0.1, -0.05) is 30.3 Å². The molecule has 0 atom stereocenters. The second kappa shape index (κ2) is 12.4. The third kappa shape index (κ3) is 7.63. The van der Waals surface area contributed by atoms with Crippen LogP contribution in [0.15, 0.2) is 83.9 Å². The molecule has 12 heteroatoms. The third-order valence-corrected chi connectivity index (χ3v) is 5.79. The predicted octanol–water partition coefficient (Wildman–Crippen LogP) is 2.71. The second-order valence-electron chi connectivity index (χ2n) is 8.97. The van der Waals surface area contributed by atoms with Gasteiger partial charge in [0.25, 0.3) is 5.91 Å². The first kappa shape index (κ1) is 28.2. The lowest BCUT2D eigenvalue weighted by Crippen LogP contribution is -2.35. The number of benzene rings is 3. The van der Waals surface area contributed by atoms with E-state index in [1.807, 2.05) is 0 Å². The van der Waals surface area contributed by atoms with Crippen molar-refractivity contribution < 1.29 is 34.1 Å². The Morgan fingerprint density at radius 2 is 1.59 bits per heavy atom. The zero-order chi connectivity index (χ0) is 29.5. The standard InChI is InChI=1S/C29H25N5O7/c30-29(31)32-21-7-4-19(5-8-21)28(40)41-22-9-11-23-20(14-22)6-10-24(33-23)27(39)34(16-26(37)38)15-18-3-1-2-17(12-18)13-25(35)36/h1-12,14H,13,15-16H2,(H,35,36)(H,37,38)(H4,30,31,32). The van der Waals surface area contributed by atoms with Crippen molar-refractivity contribution in [2.45, 2.75) is 13.0 Å². The number of nitrogens with zero attached hydrogens (tertiary/aromatic N) is 3. The number of pyridine rings is 1. The monoisotopic (exact) mass is 555 g/mol. The summed E-state index contributed by atoms with van der Waals surface area (Å²) >= 11 is 0. The lowest BCUT2D eigenvalue weighted by Gasteiger charge is -2.21. The Morgan fingerprint density at radius 1 is 0.854 bits per heavy atom. The third-order valence-electron chi connectivity index (χ3n) is 5.79. The number of carbonyl (C=O) groups is 4. The van der Waals surface area contributed by atoms with E-state index in [-0.39, 0.29) is 35.9 Å². The highest BCUT2D eigenvalue weighted by molar-refractivity contribution is 5.97. The van der Waals surface area contributed by atoms with E-state index in [1.165, 1.54) is 24.3 Å². The summed E-state index contributed by atoms with van der Waals surface area (Å²) in [5.74, 6) is -3.28. The van der Waals surface area contributed by atoms with Crippen molar-refractivity contribution in [3.8, 4) is 5.75 Å². The molecule has 12 nitrogen and oxygen atoms in total. The van der Waals surface area contributed by atoms with Gasteiger partial charge in [0.1, 0.15) is 18.0 Å². The highest BCUT2D eigenvalue weighted by atomic mass is 16.5. The van der Waals surface area contributed by atoms with E-state index < -0.39 is 30.4 Å². The molecule has 41 heavy (non-hydrogen) atoms. The first-order valence-corrected chi connectivity index (χ1v) is 12.2. The molecule has 1 heterocycles. The summed E-state index contributed by atoms with van der Waals surface area (Å²) in [5.41, 5.74) is 13.0. The maximum Gasteiger partial charge on any atom is 0.343 e. The van der Waals surface area contributed by atoms with Crippen molar-refractivity contribution in [2.24, 2.45) is 16.5 Å². The van der Waals surface area contributed by atoms with E-state index in [4.69, 9.17) is 21.3 Å². The van der Waals surface area contributed by atoms with Crippen molar-refractivity contribution in [3.63, 3.8) is 0 Å². The number of carboxylic acid groups (broad SMARTS) is 2. The fourth-order valence-electron chi connectivity index (χ4n) is 4.03. The molecule has 0 aliphatic heterocycles. The Bertz CT molecular complexity index is 1660. The molecule has 0 bridgehead atoms. The van der Waals surface area contributed by atoms with E-state index in [0.717, 1.165) is 4.90 Å². The second-order valence-corrected chi connectivity index (χ2v) is 8.97. The molecule has 4 aromatic rings. The van der Waals surface area contributed by atoms with Crippen LogP contribution in [0.3, 0.4) is 0 Å². The minimum Gasteiger partial charge on any atom is -0.481 e. The van der Waals surface area contributed by atoms with Gasteiger partial charge in [-0.2, -0.15) is 0 Å². The summed E-state index contributed by atoms with van der Waals surface area (Å²) in [6.45, 7) is -0.635. The number of aromatic nitrogens is 1. The molecule has 0 spiro atoms. The smallest absolute Gasteiger partial charge is 0.343 e. The molecule has 0 radical (unpaired) electrons. The summed E-state index contributed by atoms with van der Waals surface area (Å²) in [5, 5.41) is 19.0. The van der Waals surface area contributed by atoms with Gasteiger partial charge in [-0.25, -0.2) is 14.8 Å². The van der Waals surface area contributed by atoms with Gasteiger partial charge < -0.3 is 31.3 Å². The van der Waals surface area contributed by atoms with Crippen LogP contribution < -0.4 is 16.2 Å². The van der Waals surface area contributed by atoms with Crippen LogP contribution in [-0.2, 0) is 22.6 Å². The highest BCUT2D eigenvalue weighted by Gasteiger charge is 2.21. The molecule has 0 fully saturated rings. The number of nitrogens with two attached hydrogens (primary N) is 2. The highest BCUT2D eigenvalue weighted by Crippen LogP contribution is 2.22. The largest absolute Gasteiger partial charge is 0.481 e. The zero-order valence-electron chi connectivity index (χ0n) is 21.6. The average molecular weight is 556 g/mol. The minimum absolute atomic E-state index is 0.0195. The van der Waals surface area contributed by atoms with E-state index in [2.05, 4.69) is 9.98 Å². The van der Waals surface area contributed by atoms with Gasteiger partial charge in [0.2, 0.25) is 0 Å². The van der Waals surface area contributed by atoms with Gasteiger partial charge in [0.05, 0.1) is 23.2 Å². The van der Waals surface area contributed by atoms with Gasteiger partial charge in [-0.3, -0.25) is 14.4 Å². The molecule has 1 amide bonds. The fourth-order valence-corrected chi connectivity index (χ4v) is 4.03. The number of carboxylic acids is 2. The van der Waals surface area contributed by atoms with Gasteiger partial charge in [-0.15, -0.1) is 0 Å². The van der Waals surface area contributed by atoms with Crippen LogP contribution in [0, 0.1) is 0 Å². The first-order chi connectivity index (χ1) is 19.6. The number of carbonyl (C=O) groups excluding carboxylic acids is 2. The number of hydrogen-bond acceptors (Lipinski definition) is 7. The molecule has 4 rings (SSSR count). The number of hydrogen-bond donors (Lipinski definition) is 4. The summed E-state index contributed by atoms with van der Waals surface area (Å²) in [6, 6.07) is 20.5. The number of aliphatic carboxylic acids is 2. The molecule has 0 aliphatic carbocycles. The lowest BCUT2D eigenvalue weighted by molar-refractivity contribution is -0.138. The molecule has 1 aromatic heterocycles. The molecular formula is C29H25N5O7. The van der Waals surface area contributed by atoms with E-state index in [0.29, 0.717) is 27.7 Å². The van der Waals surface area contributed by atoms with Crippen molar-refractivity contribution in [1.29, 1.82) is 0 Å². The van der Waals surface area contributed by atoms with Crippen LogP contribution in [0.4, 0.5) is 5.69 Å². The molecule has 0 saturated heterocycles. The Hall–Kier alpha value is -5.78. The molecule has 3 aromatic carbocycles. The number of rotatable bonds is 10. The Kier molecular flexibility index (Phi) is 8.53. The van der Waals surface area contributed by atoms with E-state index in [1.54, 1.807) is 54.6 Å². The van der Waals surface area contributed by atoms with Crippen LogP contribution in [0.2, 0.25) is 0 Å². The molecule has 0 aliphatic rings. The van der Waals surface area contributed by atoms with Gasteiger partial charge >= 0.3 is 17.9 Å². The summed E-state index contributed by atoms with van der Waals surface area (Å²) in [6.07, 6.45) is -0.198. The number of amides is 1. The number of fused-ring (bicyclic) bond motifs is 1. The lowest BCUT2D eigenvalue weighted by atomic mass is 10.1. The molecule has 6 N–H and O–H groups in total. The quantitative estimate of drug-likeness (QED) is 0.0976. The van der Waals surface area contributed by atoms with Crippen molar-refractivity contribution in [1.82, 2.24) is 9.88 Å². The zero-order valence-corrected chi connectivity index (χ0v) is 21.6. The number of ether oxygens (including phenoxy) is 1. The maximum absolute atomic E-state index is 13.3. The number of aliphatic imine (C=N–C) groups is 1. The van der Waals surface area contributed by atoms with Gasteiger partial charge in [0, 0.05) is 11.9 Å². The molecule has 0 unspecified atom stereocenters. The van der Waals surface area contributed by atoms with Crippen molar-refractivity contribution in [2.75, 3.05) is 6.54 Å². The molecule has 0 saturated carbocycles. The normalized spacial score (nSPS) is 10.5. The van der Waals surface area contributed by atoms with Crippen LogP contribution >= 0.6 is 0 Å². The SMILES string of the molecule is NC(N)=Nc1ccc(C(=O)Oc2ccc3nc(C(=O)N(CC(=O)O)Cc4cccc(CC(=O)O)c4)ccc3c2)cc1. The summed E-state index contributed by atoms with van der Waals surface area (Å²) in [7, 11) is 0. The molecular weight excluding hydrogens is 530 g/mol. The maximum atomic E-state index is 13.3. The predicted molar refractivity (Wildman–Crippen MR) is 149 cm³/mol. The van der Waals surface area contributed by atoms with Crippen molar-refractivity contribution in [3.05, 3.63) is 101 Å². The number of guanidine groups is 1. The Morgan fingerprint density at radius 3 is 2.27 bits per heavy atom. The Balaban J connectivity index is 1.50. The number of esters is 1. The van der Waals surface area contributed by atoms with E-state index >= 15 is 0 Å². The van der Waals surface area contributed by atoms with Crippen LogP contribution in [0.25, 0.3) is 10.9 Å². The van der Waals surface area contributed by atoms with Crippen LogP contribution in [0.1, 0.15) is 32.0 Å². The van der Waals surface area contributed by atoms with Crippen molar-refractivity contribution >= 4 is 46.4 Å². The van der Waals surface area contributed by atoms with Crippen LogP contribution in [-0.4, -0.2) is 56.4 Å². The van der Waals surface area contributed by atoms with Crippen LogP contribution in [0.5, 0.6) is 5.75 Å².